The molecule has 0 bridgehead atoms. The van der Waals surface area contributed by atoms with E-state index in [0.29, 0.717) is 6.42 Å². The number of carboxylic acid groups (broad SMARTS) is 2. The lowest BCUT2D eigenvalue weighted by molar-refractivity contribution is -0.144. The minimum Gasteiger partial charge on any atom is -0.481 e. The van der Waals surface area contributed by atoms with Crippen molar-refractivity contribution in [2.45, 2.75) is 219 Å². The number of carboxylic acids is 2. The summed E-state index contributed by atoms with van der Waals surface area (Å²) in [5, 5.41) is 67.8. The maximum absolute atomic E-state index is 14.1. The smallest absolute Gasteiger partial charge is 0.328 e. The van der Waals surface area contributed by atoms with Crippen LogP contribution in [-0.2, 0) is 76.7 Å². The van der Waals surface area contributed by atoms with Crippen molar-refractivity contribution in [3.8, 4) is 0 Å². The fraction of sp³-hybridized carbons (Fsp3) is 0.717. The standard InChI is InChI=1S/C60H104N18O20/c1-12-30(8)46(57(95)75-45(29(6)7)56(94)74-39(26-79)59(97)98)76-48(86)31(9)68-43(83)25-66-42(82)24-67-55(93)40-16-14-20-78(40)58(96)47(33(11)80)77-49(87)32(10)69-53(91)38(23-44(84)85)73-51(89)35(15-13-19-65-60(63)64)71-54(92)37(22-28(4)5)72-52(90)36(17-18-41(62)81)70-50(88)34(61)21-27(2)3/h27-40,45-47,79-80H,12-26,61H2,1-11H3,(H2,62,81)(H,66,82)(H,67,93)(H,68,83)(H,69,91)(H,70,88)(H,71,92)(H,72,90)(H,73,89)(H,74,94)(H,75,95)(H,76,86)(H,77,87)(H,84,85)(H,97,98)(H4,63,64,65)/t30-,31-,32-,33+,34-,35-,36-,37-,38-,39-,40-,45-,46-,47-/m0/s1. The number of nitrogens with two attached hydrogens (primary N) is 4. The summed E-state index contributed by atoms with van der Waals surface area (Å²) in [6.07, 6.45) is -2.69. The third-order valence-corrected chi connectivity index (χ3v) is 15.4. The van der Waals surface area contributed by atoms with Crippen LogP contribution in [0.5, 0.6) is 0 Å². The average molecular weight is 1400 g/mol. The summed E-state index contributed by atoms with van der Waals surface area (Å²) in [5.41, 5.74) is 22.3. The molecular weight excluding hydrogens is 1290 g/mol. The van der Waals surface area contributed by atoms with Gasteiger partial charge in [0.2, 0.25) is 82.7 Å². The number of aliphatic hydroxyl groups excluding tert-OH is 2. The van der Waals surface area contributed by atoms with Gasteiger partial charge in [0.15, 0.2) is 5.96 Å². The van der Waals surface area contributed by atoms with E-state index < -0.39 is 211 Å². The SMILES string of the molecule is CC[C@H](C)[C@H](NC(=O)[C@H](C)NC(=O)CNC(=O)CNC(=O)[C@@H]1CCCN1C(=O)[C@@H](NC(=O)[C@H](C)NC(=O)[C@H](CC(=O)O)NC(=O)[C@H](CCCN=C(N)N)NC(=O)[C@H](CC(C)C)NC(=O)[C@H](CCC(N)=O)NC(=O)[C@@H](N)CC(C)C)[C@@H](C)O)C(=O)N[C@H](C(=O)N[C@@H](CO)C(=O)O)C(C)C. The molecule has 0 aliphatic carbocycles. The third kappa shape index (κ3) is 31.3. The minimum absolute atomic E-state index is 0.00199. The van der Waals surface area contributed by atoms with Crippen LogP contribution in [0.15, 0.2) is 4.99 Å². The molecule has 24 N–H and O–H groups in total. The zero-order chi connectivity index (χ0) is 75.0. The lowest BCUT2D eigenvalue weighted by atomic mass is 9.96. The highest BCUT2D eigenvalue weighted by atomic mass is 16.4. The van der Waals surface area contributed by atoms with E-state index in [-0.39, 0.29) is 82.3 Å². The molecule has 554 valence electrons. The number of nitrogens with one attached hydrogen (secondary N) is 12. The van der Waals surface area contributed by atoms with Crippen LogP contribution >= 0.6 is 0 Å². The molecule has 1 fully saturated rings. The summed E-state index contributed by atoms with van der Waals surface area (Å²) in [6, 6.07) is -17.4. The van der Waals surface area contributed by atoms with Gasteiger partial charge in [-0.1, -0.05) is 61.8 Å². The van der Waals surface area contributed by atoms with Gasteiger partial charge in [-0.2, -0.15) is 0 Å². The van der Waals surface area contributed by atoms with E-state index in [1.54, 1.807) is 41.5 Å². The van der Waals surface area contributed by atoms with Gasteiger partial charge in [0.25, 0.3) is 0 Å². The number of amides is 14. The Morgan fingerprint density at radius 2 is 1.03 bits per heavy atom. The Labute approximate surface area is 568 Å². The molecule has 98 heavy (non-hydrogen) atoms. The second kappa shape index (κ2) is 43.1. The fourth-order valence-electron chi connectivity index (χ4n) is 9.74. The number of guanidine groups is 1. The summed E-state index contributed by atoms with van der Waals surface area (Å²) < 4.78 is 0. The topological polar surface area (TPSA) is 618 Å². The first-order valence-corrected chi connectivity index (χ1v) is 32.4. The quantitative estimate of drug-likeness (QED) is 0.0153. The van der Waals surface area contributed by atoms with Crippen molar-refractivity contribution < 1.29 is 97.1 Å². The van der Waals surface area contributed by atoms with Gasteiger partial charge in [-0.25, -0.2) is 4.79 Å². The number of nitrogens with zero attached hydrogens (tertiary/aromatic N) is 2. The van der Waals surface area contributed by atoms with Crippen molar-refractivity contribution in [3.63, 3.8) is 0 Å². The van der Waals surface area contributed by atoms with E-state index in [4.69, 9.17) is 22.9 Å². The third-order valence-electron chi connectivity index (χ3n) is 15.4. The number of carbonyl (C=O) groups is 16. The Morgan fingerprint density at radius 1 is 0.541 bits per heavy atom. The van der Waals surface area contributed by atoms with Crippen LogP contribution in [0.25, 0.3) is 0 Å². The normalized spacial score (nSPS) is 16.7. The van der Waals surface area contributed by atoms with Crippen LogP contribution in [0.3, 0.4) is 0 Å². The highest BCUT2D eigenvalue weighted by Crippen LogP contribution is 2.20. The van der Waals surface area contributed by atoms with E-state index in [1.807, 2.05) is 13.8 Å². The molecule has 14 atom stereocenters. The van der Waals surface area contributed by atoms with Crippen molar-refractivity contribution in [1.82, 2.24) is 68.7 Å². The number of likely N-dealkylation sites (tertiary alicyclic amines) is 1. The largest absolute Gasteiger partial charge is 0.481 e. The monoisotopic (exact) mass is 1400 g/mol. The van der Waals surface area contributed by atoms with Crippen molar-refractivity contribution in [2.75, 3.05) is 32.8 Å². The highest BCUT2D eigenvalue weighted by Gasteiger charge is 2.41. The van der Waals surface area contributed by atoms with Crippen molar-refractivity contribution in [2.24, 2.45) is 51.6 Å². The summed E-state index contributed by atoms with van der Waals surface area (Å²) in [5.74, 6) is -17.7. The maximum Gasteiger partial charge on any atom is 0.328 e. The maximum atomic E-state index is 14.1. The molecule has 1 heterocycles. The molecular formula is C60H104N18O20. The molecule has 0 aromatic rings. The zero-order valence-electron chi connectivity index (χ0n) is 57.4. The number of aliphatic hydroxyl groups is 2. The molecule has 0 spiro atoms. The summed E-state index contributed by atoms with van der Waals surface area (Å²) in [6.45, 7) is 14.7. The lowest BCUT2D eigenvalue weighted by Gasteiger charge is -2.30. The second-order valence-electron chi connectivity index (χ2n) is 25.3. The summed E-state index contributed by atoms with van der Waals surface area (Å²) in [4.78, 5) is 216. The van der Waals surface area contributed by atoms with Gasteiger partial charge >= 0.3 is 11.9 Å². The number of hydrogen-bond donors (Lipinski definition) is 20. The fourth-order valence-corrected chi connectivity index (χ4v) is 9.74. The van der Waals surface area contributed by atoms with E-state index in [0.717, 1.165) is 18.7 Å². The zero-order valence-corrected chi connectivity index (χ0v) is 57.4. The predicted octanol–water partition coefficient (Wildman–Crippen LogP) is -7.53. The number of hydrogen-bond acceptors (Lipinski definition) is 20. The lowest BCUT2D eigenvalue weighted by Crippen LogP contribution is -2.61. The van der Waals surface area contributed by atoms with Crippen LogP contribution < -0.4 is 86.7 Å². The van der Waals surface area contributed by atoms with E-state index in [9.17, 15) is 97.1 Å². The Hall–Kier alpha value is -9.33. The van der Waals surface area contributed by atoms with Gasteiger partial charge in [-0.3, -0.25) is 76.9 Å². The van der Waals surface area contributed by atoms with Crippen molar-refractivity contribution in [3.05, 3.63) is 0 Å². The molecule has 1 rings (SSSR count). The minimum atomic E-state index is -1.95. The van der Waals surface area contributed by atoms with Gasteiger partial charge in [-0.05, 0) is 89.4 Å². The van der Waals surface area contributed by atoms with Crippen LogP contribution in [0.2, 0.25) is 0 Å². The highest BCUT2D eigenvalue weighted by molar-refractivity contribution is 6.00. The molecule has 1 aliphatic rings. The number of aliphatic carboxylic acids is 2. The molecule has 0 aromatic carbocycles. The first kappa shape index (κ1) is 86.7. The van der Waals surface area contributed by atoms with Gasteiger partial charge in [0.05, 0.1) is 38.3 Å². The van der Waals surface area contributed by atoms with Gasteiger partial charge in [-0.15, -0.1) is 0 Å². The first-order valence-electron chi connectivity index (χ1n) is 32.4. The molecule has 38 nitrogen and oxygen atoms in total. The van der Waals surface area contributed by atoms with Crippen molar-refractivity contribution in [1.29, 1.82) is 0 Å². The number of carbonyl (C=O) groups excluding carboxylic acids is 14. The first-order chi connectivity index (χ1) is 45.6. The summed E-state index contributed by atoms with van der Waals surface area (Å²) in [7, 11) is 0. The van der Waals surface area contributed by atoms with Crippen LogP contribution in [0, 0.1) is 23.7 Å². The van der Waals surface area contributed by atoms with E-state index >= 15 is 0 Å². The van der Waals surface area contributed by atoms with Gasteiger partial charge < -0.3 is 112 Å². The average Bonchev–Trinajstić information content (AvgIpc) is 1.59. The Kier molecular flexibility index (Phi) is 38.1. The number of aliphatic imine (C=N–C) groups is 1. The van der Waals surface area contributed by atoms with Crippen LogP contribution in [-0.4, -0.2) is 237 Å². The predicted molar refractivity (Wildman–Crippen MR) is 350 cm³/mol. The van der Waals surface area contributed by atoms with Gasteiger partial charge in [0.1, 0.15) is 66.5 Å². The number of rotatable bonds is 44. The molecule has 0 radical (unpaired) electrons. The Morgan fingerprint density at radius 3 is 1.55 bits per heavy atom. The molecule has 0 aromatic heterocycles. The number of primary amides is 1. The second-order valence-corrected chi connectivity index (χ2v) is 25.3. The Bertz CT molecular complexity index is 2840. The molecule has 1 aliphatic heterocycles. The molecule has 14 amide bonds. The Balaban J connectivity index is 3.17. The molecule has 0 saturated carbocycles. The van der Waals surface area contributed by atoms with Gasteiger partial charge in [0, 0.05) is 19.5 Å². The van der Waals surface area contributed by atoms with E-state index in [1.165, 1.54) is 6.92 Å². The molecule has 38 heteroatoms. The summed E-state index contributed by atoms with van der Waals surface area (Å²) >= 11 is 0. The molecule has 1 saturated heterocycles. The van der Waals surface area contributed by atoms with Crippen molar-refractivity contribution >= 4 is 101 Å². The van der Waals surface area contributed by atoms with E-state index in [2.05, 4.69) is 68.8 Å². The molecule has 0 unspecified atom stereocenters. The van der Waals surface area contributed by atoms with Crippen LogP contribution in [0.1, 0.15) is 140 Å². The van der Waals surface area contributed by atoms with Crippen LogP contribution in [0.4, 0.5) is 0 Å².